The van der Waals surface area contributed by atoms with Gasteiger partial charge in [-0.1, -0.05) is 11.6 Å². The highest BCUT2D eigenvalue weighted by Crippen LogP contribution is 2.26. The van der Waals surface area contributed by atoms with E-state index in [4.69, 9.17) is 11.6 Å². The molecule has 0 saturated carbocycles. The summed E-state index contributed by atoms with van der Waals surface area (Å²) in [5.74, 6) is -0.268. The van der Waals surface area contributed by atoms with Gasteiger partial charge in [0.25, 0.3) is 0 Å². The van der Waals surface area contributed by atoms with Gasteiger partial charge in [0.15, 0.2) is 9.84 Å². The van der Waals surface area contributed by atoms with Crippen molar-refractivity contribution in [2.24, 2.45) is 0 Å². The van der Waals surface area contributed by atoms with E-state index in [0.717, 1.165) is 11.3 Å². The number of carbonyl (C=O) groups is 1. The van der Waals surface area contributed by atoms with Gasteiger partial charge < -0.3 is 0 Å². The Kier molecular flexibility index (Phi) is 3.69. The maximum absolute atomic E-state index is 11.5. The van der Waals surface area contributed by atoms with Crippen LogP contribution in [-0.2, 0) is 14.6 Å². The second-order valence-electron chi connectivity index (χ2n) is 2.83. The summed E-state index contributed by atoms with van der Waals surface area (Å²) in [5, 5.41) is 0. The van der Waals surface area contributed by atoms with Gasteiger partial charge in [-0.2, -0.15) is 0 Å². The number of hydrogen-bond donors (Lipinski definition) is 0. The molecule has 3 nitrogen and oxygen atoms in total. The molecule has 0 aliphatic carbocycles. The summed E-state index contributed by atoms with van der Waals surface area (Å²) in [6, 6.07) is 3.00. The van der Waals surface area contributed by atoms with Crippen LogP contribution in [0.1, 0.15) is 13.3 Å². The predicted octanol–water partition coefficient (Wildman–Crippen LogP) is 2.15. The summed E-state index contributed by atoms with van der Waals surface area (Å²) in [7, 11) is -3.32. The molecule has 0 N–H and O–H groups in total. The van der Waals surface area contributed by atoms with E-state index >= 15 is 0 Å². The van der Waals surface area contributed by atoms with Gasteiger partial charge in [-0.15, -0.1) is 11.3 Å². The standard InChI is InChI=1S/C8H9ClO3S2/c1-6(10)4-5-14(11,12)8-3-2-7(9)13-8/h2-3H,4-5H2,1H3. The van der Waals surface area contributed by atoms with E-state index in [2.05, 4.69) is 0 Å². The molecule has 0 saturated heterocycles. The Balaban J connectivity index is 2.81. The first-order valence-corrected chi connectivity index (χ1v) is 6.74. The fraction of sp³-hybridized carbons (Fsp3) is 0.375. The quantitative estimate of drug-likeness (QED) is 0.825. The number of sulfone groups is 1. The Morgan fingerprint density at radius 1 is 1.50 bits per heavy atom. The Morgan fingerprint density at radius 2 is 2.14 bits per heavy atom. The van der Waals surface area contributed by atoms with Crippen molar-refractivity contribution in [3.05, 3.63) is 16.5 Å². The average molecular weight is 253 g/mol. The molecule has 0 aliphatic heterocycles. The lowest BCUT2D eigenvalue weighted by molar-refractivity contribution is -0.116. The molecule has 1 aromatic rings. The van der Waals surface area contributed by atoms with Crippen molar-refractivity contribution in [1.82, 2.24) is 0 Å². The van der Waals surface area contributed by atoms with Crippen molar-refractivity contribution in [3.8, 4) is 0 Å². The van der Waals surface area contributed by atoms with E-state index in [1.54, 1.807) is 0 Å². The van der Waals surface area contributed by atoms with Crippen molar-refractivity contribution in [2.45, 2.75) is 17.6 Å². The first-order chi connectivity index (χ1) is 6.42. The van der Waals surface area contributed by atoms with Gasteiger partial charge in [0.1, 0.15) is 9.99 Å². The fourth-order valence-electron chi connectivity index (χ4n) is 0.844. The predicted molar refractivity (Wildman–Crippen MR) is 56.7 cm³/mol. The van der Waals surface area contributed by atoms with Crippen molar-refractivity contribution >= 4 is 38.6 Å². The van der Waals surface area contributed by atoms with E-state index < -0.39 is 9.84 Å². The number of halogens is 1. The van der Waals surface area contributed by atoms with Gasteiger partial charge in [-0.3, -0.25) is 4.79 Å². The molecule has 1 heterocycles. The molecular weight excluding hydrogens is 244 g/mol. The second kappa shape index (κ2) is 4.42. The molecule has 1 rings (SSSR count). The number of thiophene rings is 1. The minimum Gasteiger partial charge on any atom is -0.300 e. The smallest absolute Gasteiger partial charge is 0.188 e. The molecule has 14 heavy (non-hydrogen) atoms. The van der Waals surface area contributed by atoms with Crippen LogP contribution in [0.3, 0.4) is 0 Å². The van der Waals surface area contributed by atoms with E-state index in [1.807, 2.05) is 0 Å². The lowest BCUT2D eigenvalue weighted by Crippen LogP contribution is -2.08. The van der Waals surface area contributed by atoms with Crippen LogP contribution < -0.4 is 0 Å². The molecule has 0 atom stereocenters. The van der Waals surface area contributed by atoms with E-state index in [9.17, 15) is 13.2 Å². The zero-order chi connectivity index (χ0) is 10.8. The third-order valence-corrected chi connectivity index (χ3v) is 5.11. The zero-order valence-corrected chi connectivity index (χ0v) is 9.88. The molecule has 0 fully saturated rings. The highest BCUT2D eigenvalue weighted by molar-refractivity contribution is 7.93. The molecule has 0 aliphatic rings. The van der Waals surface area contributed by atoms with Crippen molar-refractivity contribution in [2.75, 3.05) is 5.75 Å². The molecule has 0 unspecified atom stereocenters. The zero-order valence-electron chi connectivity index (χ0n) is 7.49. The van der Waals surface area contributed by atoms with Crippen molar-refractivity contribution in [1.29, 1.82) is 0 Å². The average Bonchev–Trinajstić information content (AvgIpc) is 2.49. The number of Topliss-reactive ketones (excluding diaryl/α,β-unsaturated/α-hetero) is 1. The third-order valence-electron chi connectivity index (χ3n) is 1.58. The van der Waals surface area contributed by atoms with E-state index in [-0.39, 0.29) is 22.2 Å². The first kappa shape index (κ1) is 11.7. The van der Waals surface area contributed by atoms with Gasteiger partial charge in [-0.25, -0.2) is 8.42 Å². The maximum atomic E-state index is 11.5. The Hall–Kier alpha value is -0.390. The van der Waals surface area contributed by atoms with Gasteiger partial charge in [0, 0.05) is 6.42 Å². The molecule has 78 valence electrons. The Labute approximate surface area is 91.6 Å². The summed E-state index contributed by atoms with van der Waals surface area (Å²) < 4.78 is 23.8. The highest BCUT2D eigenvalue weighted by atomic mass is 35.5. The Morgan fingerprint density at radius 3 is 2.57 bits per heavy atom. The fourth-order valence-corrected chi connectivity index (χ4v) is 3.82. The Bertz CT molecular complexity index is 433. The first-order valence-electron chi connectivity index (χ1n) is 3.89. The number of ketones is 1. The number of hydrogen-bond acceptors (Lipinski definition) is 4. The SMILES string of the molecule is CC(=O)CCS(=O)(=O)c1ccc(Cl)s1. The number of carbonyl (C=O) groups excluding carboxylic acids is 1. The van der Waals surface area contributed by atoms with Gasteiger partial charge in [0.2, 0.25) is 0 Å². The van der Waals surface area contributed by atoms with Gasteiger partial charge in [0.05, 0.1) is 10.1 Å². The summed E-state index contributed by atoms with van der Waals surface area (Å²) >= 11 is 6.63. The summed E-state index contributed by atoms with van der Waals surface area (Å²) in [6.07, 6.45) is 0.0534. The molecular formula is C8H9ClO3S2. The van der Waals surface area contributed by atoms with Crippen LogP contribution in [0.2, 0.25) is 4.34 Å². The summed E-state index contributed by atoms with van der Waals surface area (Å²) in [5.41, 5.74) is 0. The minimum absolute atomic E-state index is 0.0534. The van der Waals surface area contributed by atoms with Crippen LogP contribution in [0, 0.1) is 0 Å². The molecule has 1 aromatic heterocycles. The second-order valence-corrected chi connectivity index (χ2v) is 6.88. The monoisotopic (exact) mass is 252 g/mol. The number of rotatable bonds is 4. The van der Waals surface area contributed by atoms with Gasteiger partial charge in [-0.05, 0) is 19.1 Å². The minimum atomic E-state index is -3.32. The van der Waals surface area contributed by atoms with Crippen LogP contribution in [-0.4, -0.2) is 20.0 Å². The van der Waals surface area contributed by atoms with Crippen molar-refractivity contribution in [3.63, 3.8) is 0 Å². The molecule has 0 spiro atoms. The topological polar surface area (TPSA) is 51.2 Å². The molecule has 6 heteroatoms. The lowest BCUT2D eigenvalue weighted by Gasteiger charge is -1.98. The highest BCUT2D eigenvalue weighted by Gasteiger charge is 2.17. The van der Waals surface area contributed by atoms with E-state index in [0.29, 0.717) is 4.34 Å². The molecule has 0 amide bonds. The van der Waals surface area contributed by atoms with Crippen LogP contribution in [0.15, 0.2) is 16.3 Å². The molecule has 0 bridgehead atoms. The summed E-state index contributed by atoms with van der Waals surface area (Å²) in [6.45, 7) is 1.37. The maximum Gasteiger partial charge on any atom is 0.188 e. The van der Waals surface area contributed by atoms with Crippen LogP contribution in [0.5, 0.6) is 0 Å². The molecule has 0 radical (unpaired) electrons. The normalized spacial score (nSPS) is 11.6. The van der Waals surface area contributed by atoms with Gasteiger partial charge >= 0.3 is 0 Å². The van der Waals surface area contributed by atoms with Crippen LogP contribution >= 0.6 is 22.9 Å². The molecule has 0 aromatic carbocycles. The van der Waals surface area contributed by atoms with E-state index in [1.165, 1.54) is 19.1 Å². The van der Waals surface area contributed by atoms with Crippen LogP contribution in [0.25, 0.3) is 0 Å². The van der Waals surface area contributed by atoms with Crippen LogP contribution in [0.4, 0.5) is 0 Å². The third kappa shape index (κ3) is 3.08. The lowest BCUT2D eigenvalue weighted by atomic mass is 10.4. The largest absolute Gasteiger partial charge is 0.300 e. The summed E-state index contributed by atoms with van der Waals surface area (Å²) in [4.78, 5) is 10.6. The van der Waals surface area contributed by atoms with Crippen molar-refractivity contribution < 1.29 is 13.2 Å².